The fourth-order valence-corrected chi connectivity index (χ4v) is 3.37. The van der Waals surface area contributed by atoms with Gasteiger partial charge in [0, 0.05) is 17.2 Å². The smallest absolute Gasteiger partial charge is 0.271 e. The second-order valence-corrected chi connectivity index (χ2v) is 6.28. The van der Waals surface area contributed by atoms with Crippen LogP contribution in [0.2, 0.25) is 0 Å². The molecule has 2 aliphatic carbocycles. The van der Waals surface area contributed by atoms with E-state index in [-0.39, 0.29) is 5.91 Å². The number of rotatable bonds is 8. The Balaban J connectivity index is 1.79. The highest BCUT2D eigenvalue weighted by Crippen LogP contribution is 2.40. The summed E-state index contributed by atoms with van der Waals surface area (Å²) < 4.78 is 17.0. The Morgan fingerprint density at radius 2 is 1.77 bits per heavy atom. The molecule has 1 aromatic carbocycles. The summed E-state index contributed by atoms with van der Waals surface area (Å²) in [6.07, 6.45) is 6.38. The van der Waals surface area contributed by atoms with Crippen molar-refractivity contribution in [3.63, 3.8) is 0 Å². The first kappa shape index (κ1) is 18.3. The summed E-state index contributed by atoms with van der Waals surface area (Å²) in [7, 11) is 0. The molecule has 1 N–H and O–H groups in total. The zero-order chi connectivity index (χ0) is 18.5. The Bertz CT molecular complexity index is 700. The van der Waals surface area contributed by atoms with Gasteiger partial charge < -0.3 is 14.2 Å². The van der Waals surface area contributed by atoms with E-state index < -0.39 is 0 Å². The van der Waals surface area contributed by atoms with Crippen molar-refractivity contribution in [3.8, 4) is 17.2 Å². The molecule has 2 unspecified atom stereocenters. The number of hydrogen-bond donors (Lipinski definition) is 1. The predicted octanol–water partition coefficient (Wildman–Crippen LogP) is 3.56. The van der Waals surface area contributed by atoms with Crippen molar-refractivity contribution in [3.05, 3.63) is 29.8 Å². The lowest BCUT2D eigenvalue weighted by Crippen LogP contribution is -2.35. The first-order valence-electron chi connectivity index (χ1n) is 9.27. The summed E-state index contributed by atoms with van der Waals surface area (Å²) in [6, 6.07) is 3.35. The van der Waals surface area contributed by atoms with Gasteiger partial charge in [-0.15, -0.1) is 0 Å². The third-order valence-corrected chi connectivity index (χ3v) is 4.64. The van der Waals surface area contributed by atoms with Crippen LogP contribution in [0, 0.1) is 11.8 Å². The van der Waals surface area contributed by atoms with E-state index in [9.17, 15) is 4.79 Å². The topological polar surface area (TPSA) is 69.2 Å². The van der Waals surface area contributed by atoms with E-state index in [1.807, 2.05) is 20.8 Å². The van der Waals surface area contributed by atoms with E-state index in [2.05, 4.69) is 22.7 Å². The van der Waals surface area contributed by atoms with E-state index >= 15 is 0 Å². The van der Waals surface area contributed by atoms with Gasteiger partial charge >= 0.3 is 0 Å². The Labute approximate surface area is 154 Å². The van der Waals surface area contributed by atoms with E-state index in [1.54, 1.807) is 12.1 Å². The van der Waals surface area contributed by atoms with Gasteiger partial charge in [0.05, 0.1) is 19.8 Å². The second kappa shape index (κ2) is 8.25. The highest BCUT2D eigenvalue weighted by molar-refractivity contribution is 5.98. The third kappa shape index (κ3) is 3.69. The van der Waals surface area contributed by atoms with Crippen LogP contribution >= 0.6 is 0 Å². The minimum Gasteiger partial charge on any atom is -0.490 e. The van der Waals surface area contributed by atoms with Gasteiger partial charge in [0.1, 0.15) is 0 Å². The molecule has 0 bridgehead atoms. The normalized spacial score (nSPS) is 21.9. The van der Waals surface area contributed by atoms with Gasteiger partial charge in [-0.05, 0) is 51.7 Å². The number of nitrogens with one attached hydrogen (secondary N) is 1. The number of ether oxygens (including phenoxy) is 3. The average Bonchev–Trinajstić information content (AvgIpc) is 2.99. The molecule has 0 heterocycles. The fourth-order valence-electron chi connectivity index (χ4n) is 3.37. The van der Waals surface area contributed by atoms with Gasteiger partial charge in [0.25, 0.3) is 5.91 Å². The molecule has 0 aromatic heterocycles. The summed E-state index contributed by atoms with van der Waals surface area (Å²) in [5.41, 5.74) is 4.17. The summed E-state index contributed by atoms with van der Waals surface area (Å²) in [6.45, 7) is 7.08. The molecule has 0 radical (unpaired) electrons. The molecule has 0 aliphatic heterocycles. The van der Waals surface area contributed by atoms with Crippen molar-refractivity contribution in [1.82, 2.24) is 5.43 Å². The molecule has 2 aliphatic rings. The van der Waals surface area contributed by atoms with Crippen molar-refractivity contribution < 1.29 is 19.0 Å². The van der Waals surface area contributed by atoms with Crippen molar-refractivity contribution >= 4 is 11.6 Å². The summed E-state index contributed by atoms with van der Waals surface area (Å²) >= 11 is 0. The van der Waals surface area contributed by atoms with E-state index in [0.717, 1.165) is 18.6 Å². The SMILES string of the molecule is CCOc1cc(C(=O)N/N=C2\CC3C=CCC23)cc(OCC)c1OCC. The standard InChI is InChI=1S/C20H26N2O4/c1-4-24-17-11-14(12-18(25-5-2)19(17)26-6-3)20(23)22-21-16-10-13-8-7-9-15(13)16/h7-8,11-13,15H,4-6,9-10H2,1-3H3,(H,22,23)/b21-16+. The van der Waals surface area contributed by atoms with Crippen LogP contribution in [0.4, 0.5) is 0 Å². The van der Waals surface area contributed by atoms with Crippen molar-refractivity contribution in [2.75, 3.05) is 19.8 Å². The third-order valence-electron chi connectivity index (χ3n) is 4.64. The number of allylic oxidation sites excluding steroid dienone is 2. The monoisotopic (exact) mass is 358 g/mol. The van der Waals surface area contributed by atoms with Crippen LogP contribution in [-0.4, -0.2) is 31.4 Å². The Morgan fingerprint density at radius 1 is 1.12 bits per heavy atom. The van der Waals surface area contributed by atoms with Gasteiger partial charge in [-0.1, -0.05) is 12.2 Å². The zero-order valence-electron chi connectivity index (χ0n) is 15.6. The number of nitrogens with zero attached hydrogens (tertiary/aromatic N) is 1. The molecule has 140 valence electrons. The number of amides is 1. The largest absolute Gasteiger partial charge is 0.490 e. The summed E-state index contributed by atoms with van der Waals surface area (Å²) in [5, 5.41) is 4.32. The number of carbonyl (C=O) groups is 1. The second-order valence-electron chi connectivity index (χ2n) is 6.28. The van der Waals surface area contributed by atoms with Crippen LogP contribution in [0.5, 0.6) is 17.2 Å². The quantitative estimate of drug-likeness (QED) is 0.570. The molecule has 3 rings (SSSR count). The molecular weight excluding hydrogens is 332 g/mol. The number of fused-ring (bicyclic) bond motifs is 1. The maximum Gasteiger partial charge on any atom is 0.271 e. The molecule has 6 nitrogen and oxygen atoms in total. The summed E-state index contributed by atoms with van der Waals surface area (Å²) in [5.74, 6) is 2.32. The molecule has 1 aromatic rings. The van der Waals surface area contributed by atoms with Crippen LogP contribution in [-0.2, 0) is 0 Å². The van der Waals surface area contributed by atoms with Gasteiger partial charge in [-0.2, -0.15) is 5.10 Å². The van der Waals surface area contributed by atoms with Crippen LogP contribution in [0.1, 0.15) is 44.0 Å². The van der Waals surface area contributed by atoms with Crippen LogP contribution in [0.15, 0.2) is 29.4 Å². The molecule has 0 saturated heterocycles. The van der Waals surface area contributed by atoms with Crippen molar-refractivity contribution in [1.29, 1.82) is 0 Å². The van der Waals surface area contributed by atoms with Gasteiger partial charge in [0.15, 0.2) is 11.5 Å². The first-order chi connectivity index (χ1) is 12.7. The molecule has 6 heteroatoms. The molecular formula is C20H26N2O4. The fraction of sp³-hybridized carbons (Fsp3) is 0.500. The Morgan fingerprint density at radius 3 is 2.35 bits per heavy atom. The molecule has 1 saturated carbocycles. The lowest BCUT2D eigenvalue weighted by molar-refractivity contribution is 0.0952. The predicted molar refractivity (Wildman–Crippen MR) is 100 cm³/mol. The lowest BCUT2D eigenvalue weighted by Gasteiger charge is -2.31. The maximum atomic E-state index is 12.6. The van der Waals surface area contributed by atoms with E-state index in [1.165, 1.54) is 0 Å². The maximum absolute atomic E-state index is 12.6. The Hall–Kier alpha value is -2.50. The van der Waals surface area contributed by atoms with Crippen LogP contribution in [0.25, 0.3) is 0 Å². The highest BCUT2D eigenvalue weighted by atomic mass is 16.5. The molecule has 1 amide bonds. The Kier molecular flexibility index (Phi) is 5.81. The van der Waals surface area contributed by atoms with Crippen LogP contribution in [0.3, 0.4) is 0 Å². The molecule has 0 spiro atoms. The zero-order valence-corrected chi connectivity index (χ0v) is 15.6. The van der Waals surface area contributed by atoms with Gasteiger partial charge in [-0.3, -0.25) is 4.79 Å². The van der Waals surface area contributed by atoms with Crippen molar-refractivity contribution in [2.45, 2.75) is 33.6 Å². The number of carbonyl (C=O) groups excluding carboxylic acids is 1. The van der Waals surface area contributed by atoms with Gasteiger partial charge in [-0.25, -0.2) is 5.43 Å². The average molecular weight is 358 g/mol. The number of hydrogen-bond acceptors (Lipinski definition) is 5. The number of benzene rings is 1. The van der Waals surface area contributed by atoms with Crippen molar-refractivity contribution in [2.24, 2.45) is 16.9 Å². The van der Waals surface area contributed by atoms with Crippen LogP contribution < -0.4 is 19.6 Å². The molecule has 2 atom stereocenters. The molecule has 1 fully saturated rings. The van der Waals surface area contributed by atoms with E-state index in [4.69, 9.17) is 14.2 Å². The summed E-state index contributed by atoms with van der Waals surface area (Å²) in [4.78, 5) is 12.6. The first-order valence-corrected chi connectivity index (χ1v) is 9.27. The number of hydrazone groups is 1. The minimum atomic E-state index is -0.281. The molecule has 26 heavy (non-hydrogen) atoms. The van der Waals surface area contributed by atoms with E-state index in [0.29, 0.717) is 54.5 Å². The highest BCUT2D eigenvalue weighted by Gasteiger charge is 2.38. The minimum absolute atomic E-state index is 0.281. The lowest BCUT2D eigenvalue weighted by atomic mass is 9.74. The van der Waals surface area contributed by atoms with Gasteiger partial charge in [0.2, 0.25) is 5.75 Å².